The van der Waals surface area contributed by atoms with Gasteiger partial charge in [-0.1, -0.05) is 6.07 Å². The molecule has 0 atom stereocenters. The molecule has 0 bridgehead atoms. The molecule has 0 amide bonds. The summed E-state index contributed by atoms with van der Waals surface area (Å²) in [6, 6.07) is 4.96. The van der Waals surface area contributed by atoms with Crippen molar-refractivity contribution in [1.29, 1.82) is 5.26 Å². The molecule has 0 aliphatic heterocycles. The number of benzene rings is 1. The molecule has 7 heteroatoms. The van der Waals surface area contributed by atoms with Gasteiger partial charge in [0.15, 0.2) is 0 Å². The monoisotopic (exact) mass is 272 g/mol. The fourth-order valence-corrected chi connectivity index (χ4v) is 1.51. The summed E-state index contributed by atoms with van der Waals surface area (Å²) < 4.78 is 38.0. The smallest absolute Gasteiger partial charge is 0.417 e. The van der Waals surface area contributed by atoms with Crippen molar-refractivity contribution in [1.82, 2.24) is 5.32 Å². The first-order chi connectivity index (χ1) is 8.84. The summed E-state index contributed by atoms with van der Waals surface area (Å²) in [4.78, 5) is 10.2. The van der Waals surface area contributed by atoms with E-state index in [4.69, 9.17) is 10.4 Å². The molecule has 0 radical (unpaired) electrons. The summed E-state index contributed by atoms with van der Waals surface area (Å²) in [5.74, 6) is -1.03. The van der Waals surface area contributed by atoms with Crippen molar-refractivity contribution in [3.8, 4) is 6.07 Å². The predicted molar refractivity (Wildman–Crippen MR) is 60.4 cm³/mol. The molecule has 0 saturated heterocycles. The number of hydrogen-bond acceptors (Lipinski definition) is 3. The molecule has 2 N–H and O–H groups in total. The quantitative estimate of drug-likeness (QED) is 0.801. The van der Waals surface area contributed by atoms with Crippen LogP contribution in [0.5, 0.6) is 0 Å². The molecular formula is C12H11F3N2O2. The largest absolute Gasteiger partial charge is 0.480 e. The molecule has 4 nitrogen and oxygen atoms in total. The first-order valence-corrected chi connectivity index (χ1v) is 5.37. The summed E-state index contributed by atoms with van der Waals surface area (Å²) in [7, 11) is 0. The highest BCUT2D eigenvalue weighted by Crippen LogP contribution is 2.32. The predicted octanol–water partition coefficient (Wildman–Crippen LogP) is 1.79. The van der Waals surface area contributed by atoms with Crippen molar-refractivity contribution in [2.24, 2.45) is 0 Å². The summed E-state index contributed by atoms with van der Waals surface area (Å²) in [6.07, 6.45) is -4.32. The average Bonchev–Trinajstić information content (AvgIpc) is 2.33. The van der Waals surface area contributed by atoms with E-state index in [2.05, 4.69) is 5.32 Å². The normalized spacial score (nSPS) is 11.1. The van der Waals surface area contributed by atoms with Crippen molar-refractivity contribution >= 4 is 5.97 Å². The molecule has 102 valence electrons. The molecular weight excluding hydrogens is 261 g/mol. The Morgan fingerprint density at radius 1 is 1.42 bits per heavy atom. The fraction of sp³-hybridized carbons (Fsp3) is 0.333. The first-order valence-electron chi connectivity index (χ1n) is 5.37. The van der Waals surface area contributed by atoms with E-state index in [1.54, 1.807) is 0 Å². The van der Waals surface area contributed by atoms with E-state index in [1.807, 2.05) is 0 Å². The van der Waals surface area contributed by atoms with Crippen LogP contribution < -0.4 is 5.32 Å². The van der Waals surface area contributed by atoms with E-state index in [-0.39, 0.29) is 19.5 Å². The molecule has 0 heterocycles. The van der Waals surface area contributed by atoms with Gasteiger partial charge in [-0.15, -0.1) is 0 Å². The second-order valence-corrected chi connectivity index (χ2v) is 3.81. The number of carboxylic acid groups (broad SMARTS) is 1. The highest BCUT2D eigenvalue weighted by Gasteiger charge is 2.33. The number of nitriles is 1. The number of hydrogen-bond donors (Lipinski definition) is 2. The van der Waals surface area contributed by atoms with Crippen molar-refractivity contribution in [3.05, 3.63) is 34.9 Å². The van der Waals surface area contributed by atoms with Gasteiger partial charge in [0.25, 0.3) is 0 Å². The maximum Gasteiger partial charge on any atom is 0.417 e. The minimum atomic E-state index is -4.57. The average molecular weight is 272 g/mol. The minimum Gasteiger partial charge on any atom is -0.480 e. The van der Waals surface area contributed by atoms with Crippen LogP contribution in [-0.2, 0) is 17.4 Å². The summed E-state index contributed by atoms with van der Waals surface area (Å²) in [5.41, 5.74) is -0.996. The lowest BCUT2D eigenvalue weighted by atomic mass is 10.0. The highest BCUT2D eigenvalue weighted by molar-refractivity contribution is 5.68. The Hall–Kier alpha value is -2.07. The van der Waals surface area contributed by atoms with Crippen molar-refractivity contribution in [3.63, 3.8) is 0 Å². The van der Waals surface area contributed by atoms with Crippen LogP contribution in [0, 0.1) is 11.3 Å². The molecule has 19 heavy (non-hydrogen) atoms. The van der Waals surface area contributed by atoms with Crippen LogP contribution in [0.4, 0.5) is 13.2 Å². The summed E-state index contributed by atoms with van der Waals surface area (Å²) >= 11 is 0. The van der Waals surface area contributed by atoms with E-state index >= 15 is 0 Å². The van der Waals surface area contributed by atoms with E-state index < -0.39 is 23.3 Å². The Bertz CT molecular complexity index is 507. The molecule has 0 unspecified atom stereocenters. The number of carboxylic acids is 1. The Labute approximate surface area is 107 Å². The topological polar surface area (TPSA) is 73.1 Å². The first kappa shape index (κ1) is 15.0. The van der Waals surface area contributed by atoms with Gasteiger partial charge in [0.1, 0.15) is 0 Å². The van der Waals surface area contributed by atoms with E-state index in [1.165, 1.54) is 12.1 Å². The Morgan fingerprint density at radius 3 is 2.63 bits per heavy atom. The van der Waals surface area contributed by atoms with Gasteiger partial charge >= 0.3 is 12.1 Å². The lowest BCUT2D eigenvalue weighted by Crippen LogP contribution is -2.24. The SMILES string of the molecule is N#Cc1ccc(CCNCC(=O)O)cc1C(F)(F)F. The van der Waals surface area contributed by atoms with Crippen LogP contribution in [0.2, 0.25) is 0 Å². The van der Waals surface area contributed by atoms with Crippen LogP contribution in [0.1, 0.15) is 16.7 Å². The third-order valence-corrected chi connectivity index (χ3v) is 2.38. The second-order valence-electron chi connectivity index (χ2n) is 3.81. The van der Waals surface area contributed by atoms with Crippen LogP contribution in [-0.4, -0.2) is 24.2 Å². The van der Waals surface area contributed by atoms with Crippen molar-refractivity contribution in [2.75, 3.05) is 13.1 Å². The number of halogens is 3. The van der Waals surface area contributed by atoms with Gasteiger partial charge in [-0.05, 0) is 30.7 Å². The molecule has 0 aliphatic rings. The van der Waals surface area contributed by atoms with Crippen LogP contribution in [0.3, 0.4) is 0 Å². The van der Waals surface area contributed by atoms with Crippen LogP contribution >= 0.6 is 0 Å². The lowest BCUT2D eigenvalue weighted by molar-refractivity contribution is -0.138. The van der Waals surface area contributed by atoms with Gasteiger partial charge in [-0.25, -0.2) is 0 Å². The standard InChI is InChI=1S/C12H11F3N2O2/c13-12(14,15)10-5-8(1-2-9(10)6-16)3-4-17-7-11(18)19/h1-2,5,17H,3-4,7H2,(H,18,19). The maximum absolute atomic E-state index is 12.7. The third kappa shape index (κ3) is 4.60. The van der Waals surface area contributed by atoms with Crippen molar-refractivity contribution in [2.45, 2.75) is 12.6 Å². The number of nitrogens with one attached hydrogen (secondary N) is 1. The van der Waals surface area contributed by atoms with Gasteiger partial charge in [0.2, 0.25) is 0 Å². The molecule has 0 aromatic heterocycles. The van der Waals surface area contributed by atoms with Gasteiger partial charge in [0.05, 0.1) is 23.7 Å². The number of carbonyl (C=O) groups is 1. The molecule has 1 rings (SSSR count). The molecule has 0 spiro atoms. The van der Waals surface area contributed by atoms with Gasteiger partial charge in [0, 0.05) is 0 Å². The van der Waals surface area contributed by atoms with E-state index in [0.29, 0.717) is 5.56 Å². The Kier molecular flexibility index (Phi) is 4.89. The summed E-state index contributed by atoms with van der Waals surface area (Å²) in [6.45, 7) is -0.00208. The molecule has 1 aromatic carbocycles. The number of rotatable bonds is 5. The molecule has 0 saturated carbocycles. The van der Waals surface area contributed by atoms with Gasteiger partial charge in [-0.2, -0.15) is 18.4 Å². The second kappa shape index (κ2) is 6.20. The van der Waals surface area contributed by atoms with Crippen molar-refractivity contribution < 1.29 is 23.1 Å². The minimum absolute atomic E-state index is 0.246. The zero-order valence-corrected chi connectivity index (χ0v) is 9.79. The van der Waals surface area contributed by atoms with E-state index in [9.17, 15) is 18.0 Å². The fourth-order valence-electron chi connectivity index (χ4n) is 1.51. The number of aliphatic carboxylic acids is 1. The molecule has 1 aromatic rings. The summed E-state index contributed by atoms with van der Waals surface area (Å²) in [5, 5.41) is 19.6. The number of nitrogens with zero attached hydrogens (tertiary/aromatic N) is 1. The third-order valence-electron chi connectivity index (χ3n) is 2.38. The highest BCUT2D eigenvalue weighted by atomic mass is 19.4. The van der Waals surface area contributed by atoms with E-state index in [0.717, 1.165) is 12.1 Å². The Balaban J connectivity index is 2.77. The zero-order valence-electron chi connectivity index (χ0n) is 9.79. The molecule has 0 aliphatic carbocycles. The van der Waals surface area contributed by atoms with Gasteiger partial charge < -0.3 is 10.4 Å². The van der Waals surface area contributed by atoms with Crippen LogP contribution in [0.25, 0.3) is 0 Å². The maximum atomic E-state index is 12.7. The van der Waals surface area contributed by atoms with Crippen LogP contribution in [0.15, 0.2) is 18.2 Å². The lowest BCUT2D eigenvalue weighted by Gasteiger charge is -2.10. The van der Waals surface area contributed by atoms with Gasteiger partial charge in [-0.3, -0.25) is 4.79 Å². The number of alkyl halides is 3. The molecule has 0 fully saturated rings. The Morgan fingerprint density at radius 2 is 2.11 bits per heavy atom. The zero-order chi connectivity index (χ0) is 14.5.